The predicted octanol–water partition coefficient (Wildman–Crippen LogP) is 5.56. The zero-order valence-electron chi connectivity index (χ0n) is 11.2. The van der Waals surface area contributed by atoms with Crippen LogP contribution in [0.15, 0.2) is 60.7 Å². The van der Waals surface area contributed by atoms with Crippen molar-refractivity contribution in [3.63, 3.8) is 0 Å². The number of hydrogen-bond acceptors (Lipinski definition) is 0. The molecule has 0 N–H and O–H groups in total. The minimum Gasteiger partial charge on any atom is -0.0838 e. The molecule has 0 saturated heterocycles. The van der Waals surface area contributed by atoms with Gasteiger partial charge in [-0.25, -0.2) is 0 Å². The SMILES string of the molecule is C/C=C(\CCC)c1ccc(-c2ccccc2)cc1. The van der Waals surface area contributed by atoms with Gasteiger partial charge in [-0.05, 0) is 35.6 Å². The fourth-order valence-electron chi connectivity index (χ4n) is 2.23. The summed E-state index contributed by atoms with van der Waals surface area (Å²) in [5, 5.41) is 0. The Hall–Kier alpha value is -1.82. The molecule has 0 aliphatic rings. The second-order valence-corrected chi connectivity index (χ2v) is 4.51. The van der Waals surface area contributed by atoms with Gasteiger partial charge >= 0.3 is 0 Å². The largest absolute Gasteiger partial charge is 0.0838 e. The van der Waals surface area contributed by atoms with E-state index in [1.165, 1.54) is 28.7 Å². The molecule has 0 saturated carbocycles. The van der Waals surface area contributed by atoms with Crippen LogP contribution in [0.25, 0.3) is 16.7 Å². The molecule has 18 heavy (non-hydrogen) atoms. The maximum absolute atomic E-state index is 2.23. The van der Waals surface area contributed by atoms with Crippen LogP contribution in [-0.2, 0) is 0 Å². The summed E-state index contributed by atoms with van der Waals surface area (Å²) in [6.45, 7) is 4.35. The minimum atomic E-state index is 1.15. The van der Waals surface area contributed by atoms with E-state index in [-0.39, 0.29) is 0 Å². The van der Waals surface area contributed by atoms with Gasteiger partial charge in [-0.2, -0.15) is 0 Å². The summed E-state index contributed by atoms with van der Waals surface area (Å²) < 4.78 is 0. The minimum absolute atomic E-state index is 1.15. The molecule has 0 atom stereocenters. The Morgan fingerprint density at radius 3 is 2.06 bits per heavy atom. The fourth-order valence-corrected chi connectivity index (χ4v) is 2.23. The van der Waals surface area contributed by atoms with Crippen LogP contribution in [-0.4, -0.2) is 0 Å². The van der Waals surface area contributed by atoms with E-state index < -0.39 is 0 Å². The highest BCUT2D eigenvalue weighted by Gasteiger charge is 2.01. The van der Waals surface area contributed by atoms with Crippen molar-refractivity contribution in [3.8, 4) is 11.1 Å². The normalized spacial score (nSPS) is 11.6. The molecular weight excluding hydrogens is 216 g/mol. The van der Waals surface area contributed by atoms with Crippen molar-refractivity contribution in [2.75, 3.05) is 0 Å². The van der Waals surface area contributed by atoms with Gasteiger partial charge in [0.1, 0.15) is 0 Å². The lowest BCUT2D eigenvalue weighted by atomic mass is 9.98. The third-order valence-corrected chi connectivity index (χ3v) is 3.23. The lowest BCUT2D eigenvalue weighted by molar-refractivity contribution is 0.972. The van der Waals surface area contributed by atoms with Gasteiger partial charge in [0.15, 0.2) is 0 Å². The van der Waals surface area contributed by atoms with Crippen LogP contribution in [0.4, 0.5) is 0 Å². The Bertz CT molecular complexity index is 503. The Labute approximate surface area is 110 Å². The van der Waals surface area contributed by atoms with Crippen molar-refractivity contribution < 1.29 is 0 Å². The van der Waals surface area contributed by atoms with Gasteiger partial charge in [-0.15, -0.1) is 0 Å². The molecule has 0 aliphatic carbocycles. The lowest BCUT2D eigenvalue weighted by Gasteiger charge is -2.07. The molecule has 0 unspecified atom stereocenters. The monoisotopic (exact) mass is 236 g/mol. The van der Waals surface area contributed by atoms with Gasteiger partial charge in [0, 0.05) is 0 Å². The van der Waals surface area contributed by atoms with E-state index in [2.05, 4.69) is 74.5 Å². The molecule has 2 aromatic carbocycles. The molecule has 0 fully saturated rings. The number of rotatable bonds is 4. The molecule has 0 spiro atoms. The van der Waals surface area contributed by atoms with E-state index in [1.807, 2.05) is 0 Å². The van der Waals surface area contributed by atoms with Crippen LogP contribution in [0.5, 0.6) is 0 Å². The van der Waals surface area contributed by atoms with Gasteiger partial charge in [0.25, 0.3) is 0 Å². The summed E-state index contributed by atoms with van der Waals surface area (Å²) in [5.41, 5.74) is 5.35. The second kappa shape index (κ2) is 6.20. The van der Waals surface area contributed by atoms with E-state index in [4.69, 9.17) is 0 Å². The first-order chi connectivity index (χ1) is 8.85. The van der Waals surface area contributed by atoms with E-state index in [1.54, 1.807) is 0 Å². The first kappa shape index (κ1) is 12.6. The van der Waals surface area contributed by atoms with E-state index in [9.17, 15) is 0 Å². The van der Waals surface area contributed by atoms with Gasteiger partial charge in [-0.1, -0.05) is 74.0 Å². The number of hydrogen-bond donors (Lipinski definition) is 0. The molecule has 0 bridgehead atoms. The van der Waals surface area contributed by atoms with E-state index in [0.717, 1.165) is 6.42 Å². The third-order valence-electron chi connectivity index (χ3n) is 3.23. The standard InChI is InChI=1S/C18H20/c1-3-8-15(4-2)17-11-13-18(14-12-17)16-9-6-5-7-10-16/h4-7,9-14H,3,8H2,1-2H3/b15-4+. The molecule has 2 aromatic rings. The summed E-state index contributed by atoms with van der Waals surface area (Å²) in [6.07, 6.45) is 4.57. The molecule has 0 aliphatic heterocycles. The van der Waals surface area contributed by atoms with E-state index >= 15 is 0 Å². The van der Waals surface area contributed by atoms with Crippen LogP contribution >= 0.6 is 0 Å². The molecule has 0 amide bonds. The van der Waals surface area contributed by atoms with Crippen molar-refractivity contribution >= 4 is 5.57 Å². The Balaban J connectivity index is 2.25. The molecule has 0 aromatic heterocycles. The topological polar surface area (TPSA) is 0 Å². The zero-order chi connectivity index (χ0) is 12.8. The van der Waals surface area contributed by atoms with E-state index in [0.29, 0.717) is 0 Å². The summed E-state index contributed by atoms with van der Waals surface area (Å²) in [7, 11) is 0. The Morgan fingerprint density at radius 1 is 0.889 bits per heavy atom. The average Bonchev–Trinajstić information content (AvgIpc) is 2.46. The molecular formula is C18H20. The van der Waals surface area contributed by atoms with Gasteiger partial charge < -0.3 is 0 Å². The quantitative estimate of drug-likeness (QED) is 0.652. The smallest absolute Gasteiger partial charge is 0.0184 e. The zero-order valence-corrected chi connectivity index (χ0v) is 11.2. The van der Waals surface area contributed by atoms with Gasteiger partial charge in [-0.3, -0.25) is 0 Å². The van der Waals surface area contributed by atoms with Crippen molar-refractivity contribution in [1.29, 1.82) is 0 Å². The van der Waals surface area contributed by atoms with Crippen molar-refractivity contribution in [2.45, 2.75) is 26.7 Å². The van der Waals surface area contributed by atoms with Crippen molar-refractivity contribution in [3.05, 3.63) is 66.2 Å². The molecule has 0 radical (unpaired) electrons. The van der Waals surface area contributed by atoms with Gasteiger partial charge in [0.05, 0.1) is 0 Å². The molecule has 0 heterocycles. The van der Waals surface area contributed by atoms with Gasteiger partial charge in [0.2, 0.25) is 0 Å². The predicted molar refractivity (Wildman–Crippen MR) is 80.4 cm³/mol. The maximum atomic E-state index is 2.23. The summed E-state index contributed by atoms with van der Waals surface area (Å²) in [5.74, 6) is 0. The summed E-state index contributed by atoms with van der Waals surface area (Å²) >= 11 is 0. The lowest BCUT2D eigenvalue weighted by Crippen LogP contribution is -1.85. The molecule has 2 rings (SSSR count). The van der Waals surface area contributed by atoms with Crippen LogP contribution in [0, 0.1) is 0 Å². The van der Waals surface area contributed by atoms with Crippen LogP contribution in [0.2, 0.25) is 0 Å². The highest BCUT2D eigenvalue weighted by molar-refractivity contribution is 5.70. The highest BCUT2D eigenvalue weighted by Crippen LogP contribution is 2.24. The second-order valence-electron chi connectivity index (χ2n) is 4.51. The highest BCUT2D eigenvalue weighted by atomic mass is 14.1. The summed E-state index contributed by atoms with van der Waals surface area (Å²) in [6, 6.07) is 19.4. The van der Waals surface area contributed by atoms with Crippen LogP contribution in [0.1, 0.15) is 32.3 Å². The molecule has 0 heteroatoms. The number of allylic oxidation sites excluding steroid dienone is 2. The fraction of sp³-hybridized carbons (Fsp3) is 0.222. The Kier molecular flexibility index (Phi) is 4.35. The maximum Gasteiger partial charge on any atom is -0.0184 e. The summed E-state index contributed by atoms with van der Waals surface area (Å²) in [4.78, 5) is 0. The molecule has 92 valence electrons. The van der Waals surface area contributed by atoms with Crippen molar-refractivity contribution in [1.82, 2.24) is 0 Å². The first-order valence-corrected chi connectivity index (χ1v) is 6.66. The first-order valence-electron chi connectivity index (χ1n) is 6.66. The van der Waals surface area contributed by atoms with Crippen LogP contribution in [0.3, 0.4) is 0 Å². The van der Waals surface area contributed by atoms with Crippen LogP contribution < -0.4 is 0 Å². The third kappa shape index (κ3) is 2.89. The Morgan fingerprint density at radius 2 is 1.50 bits per heavy atom. The number of benzene rings is 2. The van der Waals surface area contributed by atoms with Crippen molar-refractivity contribution in [2.24, 2.45) is 0 Å². The average molecular weight is 236 g/mol. The molecule has 0 nitrogen and oxygen atoms in total.